The Hall–Kier alpha value is -2.92. The van der Waals surface area contributed by atoms with Crippen molar-refractivity contribution in [1.82, 2.24) is 10.3 Å². The highest BCUT2D eigenvalue weighted by atomic mass is 35.5. The minimum Gasteiger partial charge on any atom is -0.439 e. The van der Waals surface area contributed by atoms with Gasteiger partial charge in [0.2, 0.25) is 5.88 Å². The largest absolute Gasteiger partial charge is 0.439 e. The molecule has 25 heavy (non-hydrogen) atoms. The molecule has 0 bridgehead atoms. The number of ether oxygens (including phenoxy) is 1. The van der Waals surface area contributed by atoms with Crippen molar-refractivity contribution in [1.29, 1.82) is 0 Å². The summed E-state index contributed by atoms with van der Waals surface area (Å²) in [5, 5.41) is 2.90. The van der Waals surface area contributed by atoms with E-state index in [2.05, 4.69) is 10.3 Å². The highest BCUT2D eigenvalue weighted by Gasteiger charge is 2.12. The van der Waals surface area contributed by atoms with Gasteiger partial charge in [-0.15, -0.1) is 0 Å². The smallest absolute Gasteiger partial charge is 0.254 e. The van der Waals surface area contributed by atoms with Crippen LogP contribution in [-0.2, 0) is 6.54 Å². The highest BCUT2D eigenvalue weighted by Crippen LogP contribution is 2.19. The van der Waals surface area contributed by atoms with Crippen LogP contribution >= 0.6 is 11.6 Å². The first-order valence-electron chi connectivity index (χ1n) is 7.53. The lowest BCUT2D eigenvalue weighted by atomic mass is 10.2. The zero-order valence-corrected chi connectivity index (χ0v) is 13.8. The predicted molar refractivity (Wildman–Crippen MR) is 93.3 cm³/mol. The van der Waals surface area contributed by atoms with Gasteiger partial charge in [0.05, 0.1) is 5.56 Å². The second kappa shape index (κ2) is 7.77. The van der Waals surface area contributed by atoms with Crippen LogP contribution < -0.4 is 10.1 Å². The van der Waals surface area contributed by atoms with Crippen molar-refractivity contribution in [2.75, 3.05) is 0 Å². The maximum absolute atomic E-state index is 13.8. The molecule has 0 spiro atoms. The number of carbonyl (C=O) groups is 1. The van der Waals surface area contributed by atoms with Crippen LogP contribution in [0.5, 0.6) is 11.6 Å². The Morgan fingerprint density at radius 3 is 2.68 bits per heavy atom. The van der Waals surface area contributed by atoms with Crippen molar-refractivity contribution in [2.24, 2.45) is 0 Å². The monoisotopic (exact) mass is 356 g/mol. The van der Waals surface area contributed by atoms with Gasteiger partial charge >= 0.3 is 0 Å². The van der Waals surface area contributed by atoms with E-state index in [1.165, 1.54) is 12.1 Å². The van der Waals surface area contributed by atoms with Gasteiger partial charge in [-0.2, -0.15) is 0 Å². The molecule has 0 aliphatic heterocycles. The molecule has 0 fully saturated rings. The molecule has 1 heterocycles. The fourth-order valence-corrected chi connectivity index (χ4v) is 2.34. The summed E-state index contributed by atoms with van der Waals surface area (Å²) in [4.78, 5) is 16.2. The third-order valence-corrected chi connectivity index (χ3v) is 3.63. The first-order chi connectivity index (χ1) is 12.1. The Morgan fingerprint density at radius 2 is 1.92 bits per heavy atom. The number of amides is 1. The van der Waals surface area contributed by atoms with Gasteiger partial charge in [0, 0.05) is 23.8 Å². The first-order valence-corrected chi connectivity index (χ1v) is 7.91. The van der Waals surface area contributed by atoms with E-state index in [0.29, 0.717) is 11.6 Å². The maximum atomic E-state index is 13.8. The van der Waals surface area contributed by atoms with Crippen molar-refractivity contribution in [2.45, 2.75) is 6.54 Å². The Labute approximate surface area is 149 Å². The second-order valence-corrected chi connectivity index (χ2v) is 5.66. The molecular weight excluding hydrogens is 343 g/mol. The molecule has 0 unspecified atom stereocenters. The molecule has 1 aromatic heterocycles. The molecule has 6 heteroatoms. The van der Waals surface area contributed by atoms with Crippen molar-refractivity contribution in [3.63, 3.8) is 0 Å². The number of hydrogen-bond donors (Lipinski definition) is 1. The average Bonchev–Trinajstić information content (AvgIpc) is 2.61. The lowest BCUT2D eigenvalue weighted by molar-refractivity contribution is 0.0947. The molecule has 0 radical (unpaired) electrons. The van der Waals surface area contributed by atoms with Crippen LogP contribution in [0.4, 0.5) is 4.39 Å². The van der Waals surface area contributed by atoms with Crippen LogP contribution in [0.2, 0.25) is 5.02 Å². The van der Waals surface area contributed by atoms with Crippen LogP contribution in [0.25, 0.3) is 0 Å². The lowest BCUT2D eigenvalue weighted by Crippen LogP contribution is -2.23. The van der Waals surface area contributed by atoms with Gasteiger partial charge in [-0.3, -0.25) is 4.79 Å². The van der Waals surface area contributed by atoms with Crippen molar-refractivity contribution >= 4 is 17.5 Å². The van der Waals surface area contributed by atoms with Gasteiger partial charge in [-0.25, -0.2) is 9.37 Å². The second-order valence-electron chi connectivity index (χ2n) is 5.22. The first kappa shape index (κ1) is 16.9. The summed E-state index contributed by atoms with van der Waals surface area (Å²) < 4.78 is 19.4. The Balaban J connectivity index is 1.65. The van der Waals surface area contributed by atoms with E-state index in [4.69, 9.17) is 16.3 Å². The van der Waals surface area contributed by atoms with E-state index in [1.807, 2.05) is 30.3 Å². The van der Waals surface area contributed by atoms with Crippen LogP contribution in [0.15, 0.2) is 66.9 Å². The standard InChI is InChI=1S/C19H14ClFN2O2/c20-14-6-7-16(17(21)11-14)19(24)23-12-13-8-9-22-18(10-13)25-15-4-2-1-3-5-15/h1-11H,12H2,(H,23,24). The van der Waals surface area contributed by atoms with E-state index in [9.17, 15) is 9.18 Å². The van der Waals surface area contributed by atoms with Crippen molar-refractivity contribution in [3.05, 3.63) is 88.8 Å². The van der Waals surface area contributed by atoms with Crippen molar-refractivity contribution in [3.8, 4) is 11.6 Å². The Morgan fingerprint density at radius 1 is 1.12 bits per heavy atom. The fourth-order valence-electron chi connectivity index (χ4n) is 2.18. The number of para-hydroxylation sites is 1. The summed E-state index contributed by atoms with van der Waals surface area (Å²) in [5.41, 5.74) is 0.725. The van der Waals surface area contributed by atoms with Gasteiger partial charge in [0.25, 0.3) is 5.91 Å². The lowest BCUT2D eigenvalue weighted by Gasteiger charge is -2.08. The number of benzene rings is 2. The summed E-state index contributed by atoms with van der Waals surface area (Å²) in [7, 11) is 0. The number of carbonyl (C=O) groups excluding carboxylic acids is 1. The Kier molecular flexibility index (Phi) is 5.26. The van der Waals surface area contributed by atoms with E-state index in [-0.39, 0.29) is 17.1 Å². The number of aromatic nitrogens is 1. The quantitative estimate of drug-likeness (QED) is 0.727. The van der Waals surface area contributed by atoms with Gasteiger partial charge in [0.1, 0.15) is 11.6 Å². The molecule has 4 nitrogen and oxygen atoms in total. The number of halogens is 2. The minimum absolute atomic E-state index is 0.0563. The van der Waals surface area contributed by atoms with Crippen LogP contribution in [0.3, 0.4) is 0 Å². The number of pyridine rings is 1. The molecule has 3 aromatic rings. The summed E-state index contributed by atoms with van der Waals surface area (Å²) >= 11 is 5.69. The van der Waals surface area contributed by atoms with E-state index >= 15 is 0 Å². The molecule has 2 aromatic carbocycles. The molecule has 0 saturated carbocycles. The summed E-state index contributed by atoms with van der Waals surface area (Å²) in [6.07, 6.45) is 1.59. The van der Waals surface area contributed by atoms with E-state index < -0.39 is 11.7 Å². The third-order valence-electron chi connectivity index (χ3n) is 3.39. The third kappa shape index (κ3) is 4.55. The molecule has 0 atom stereocenters. The molecule has 0 aliphatic rings. The number of nitrogens with zero attached hydrogens (tertiary/aromatic N) is 1. The van der Waals surface area contributed by atoms with Crippen LogP contribution in [0, 0.1) is 5.82 Å². The Bertz CT molecular complexity index is 888. The van der Waals surface area contributed by atoms with Gasteiger partial charge < -0.3 is 10.1 Å². The number of nitrogens with one attached hydrogen (secondary N) is 1. The maximum Gasteiger partial charge on any atom is 0.254 e. The zero-order valence-electron chi connectivity index (χ0n) is 13.1. The van der Waals surface area contributed by atoms with E-state index in [0.717, 1.165) is 11.6 Å². The molecule has 1 N–H and O–H groups in total. The van der Waals surface area contributed by atoms with E-state index in [1.54, 1.807) is 18.3 Å². The molecule has 0 saturated heterocycles. The zero-order chi connectivity index (χ0) is 17.6. The van der Waals surface area contributed by atoms with Crippen LogP contribution in [0.1, 0.15) is 15.9 Å². The summed E-state index contributed by atoms with van der Waals surface area (Å²) in [6.45, 7) is 0.217. The molecule has 3 rings (SSSR count). The number of hydrogen-bond acceptors (Lipinski definition) is 3. The molecule has 0 aliphatic carbocycles. The highest BCUT2D eigenvalue weighted by molar-refractivity contribution is 6.30. The molecule has 1 amide bonds. The molecular formula is C19H14ClFN2O2. The summed E-state index contributed by atoms with van der Waals surface area (Å²) in [6, 6.07) is 16.6. The fraction of sp³-hybridized carbons (Fsp3) is 0.0526. The van der Waals surface area contributed by atoms with Gasteiger partial charge in [-0.05, 0) is 42.0 Å². The van der Waals surface area contributed by atoms with Gasteiger partial charge in [0.15, 0.2) is 0 Å². The normalized spacial score (nSPS) is 10.3. The summed E-state index contributed by atoms with van der Waals surface area (Å²) in [5.74, 6) is -0.0978. The minimum atomic E-state index is -0.659. The topological polar surface area (TPSA) is 51.2 Å². The SMILES string of the molecule is O=C(NCc1ccnc(Oc2ccccc2)c1)c1ccc(Cl)cc1F. The average molecular weight is 357 g/mol. The van der Waals surface area contributed by atoms with Gasteiger partial charge in [-0.1, -0.05) is 29.8 Å². The predicted octanol–water partition coefficient (Wildman–Crippen LogP) is 4.60. The van der Waals surface area contributed by atoms with Crippen molar-refractivity contribution < 1.29 is 13.9 Å². The molecule has 126 valence electrons. The van der Waals surface area contributed by atoms with Crippen LogP contribution in [-0.4, -0.2) is 10.9 Å². The number of rotatable bonds is 5.